The molecule has 0 saturated carbocycles. The second-order valence-electron chi connectivity index (χ2n) is 3.82. The molecule has 0 aliphatic rings. The number of halogens is 2. The SMILES string of the molecule is CCc1nc(NC)cc(Oc2cc(Cl)cc(Cl)c2)n1. The zero-order valence-electron chi connectivity index (χ0n) is 10.6. The van der Waals surface area contributed by atoms with E-state index in [-0.39, 0.29) is 0 Å². The van der Waals surface area contributed by atoms with Crippen molar-refractivity contribution in [2.75, 3.05) is 12.4 Å². The highest BCUT2D eigenvalue weighted by atomic mass is 35.5. The largest absolute Gasteiger partial charge is 0.439 e. The number of rotatable bonds is 4. The molecule has 100 valence electrons. The molecular formula is C13H13Cl2N3O. The molecule has 4 nitrogen and oxygen atoms in total. The summed E-state index contributed by atoms with van der Waals surface area (Å²) < 4.78 is 5.66. The first-order valence-corrected chi connectivity index (χ1v) is 6.56. The van der Waals surface area contributed by atoms with Crippen molar-refractivity contribution in [1.29, 1.82) is 0 Å². The Labute approximate surface area is 121 Å². The molecule has 0 saturated heterocycles. The standard InChI is InChI=1S/C13H13Cl2N3O/c1-3-11-17-12(16-2)7-13(18-11)19-10-5-8(14)4-9(15)6-10/h4-7H,3H2,1-2H3,(H,16,17,18). The van der Waals surface area contributed by atoms with E-state index in [1.165, 1.54) is 0 Å². The number of hydrogen-bond donors (Lipinski definition) is 1. The van der Waals surface area contributed by atoms with Gasteiger partial charge < -0.3 is 10.1 Å². The van der Waals surface area contributed by atoms with Crippen molar-refractivity contribution in [3.63, 3.8) is 0 Å². The second-order valence-corrected chi connectivity index (χ2v) is 4.69. The van der Waals surface area contributed by atoms with Gasteiger partial charge in [0.1, 0.15) is 17.4 Å². The topological polar surface area (TPSA) is 47.0 Å². The van der Waals surface area contributed by atoms with Crippen LogP contribution in [0.15, 0.2) is 24.3 Å². The maximum absolute atomic E-state index is 5.92. The average molecular weight is 298 g/mol. The first-order valence-electron chi connectivity index (χ1n) is 5.80. The minimum Gasteiger partial charge on any atom is -0.439 e. The molecule has 0 bridgehead atoms. The predicted octanol–water partition coefficient (Wildman–Crippen LogP) is 4.18. The van der Waals surface area contributed by atoms with Gasteiger partial charge in [-0.1, -0.05) is 30.1 Å². The van der Waals surface area contributed by atoms with Crippen LogP contribution in [0.1, 0.15) is 12.7 Å². The van der Waals surface area contributed by atoms with E-state index in [1.54, 1.807) is 31.3 Å². The molecule has 0 radical (unpaired) electrons. The minimum absolute atomic E-state index is 0.453. The van der Waals surface area contributed by atoms with Crippen molar-refractivity contribution in [3.05, 3.63) is 40.1 Å². The molecule has 1 aromatic carbocycles. The molecule has 1 N–H and O–H groups in total. The molecule has 0 fully saturated rings. The zero-order chi connectivity index (χ0) is 13.8. The summed E-state index contributed by atoms with van der Waals surface area (Å²) in [7, 11) is 1.79. The summed E-state index contributed by atoms with van der Waals surface area (Å²) in [6.07, 6.45) is 0.724. The van der Waals surface area contributed by atoms with E-state index in [0.717, 1.165) is 6.42 Å². The molecular weight excluding hydrogens is 285 g/mol. The molecule has 2 aromatic rings. The summed E-state index contributed by atoms with van der Waals surface area (Å²) in [5.74, 6) is 2.40. The van der Waals surface area contributed by atoms with Gasteiger partial charge in [0.25, 0.3) is 0 Å². The van der Waals surface area contributed by atoms with Gasteiger partial charge in [0.15, 0.2) is 0 Å². The van der Waals surface area contributed by atoms with Crippen LogP contribution in [-0.2, 0) is 6.42 Å². The van der Waals surface area contributed by atoms with Crippen LogP contribution in [0.4, 0.5) is 5.82 Å². The second kappa shape index (κ2) is 6.08. The summed E-state index contributed by atoms with van der Waals surface area (Å²) in [6, 6.07) is 6.72. The fourth-order valence-corrected chi connectivity index (χ4v) is 2.03. The lowest BCUT2D eigenvalue weighted by molar-refractivity contribution is 0.459. The number of anilines is 1. The van der Waals surface area contributed by atoms with Crippen molar-refractivity contribution in [2.45, 2.75) is 13.3 Å². The smallest absolute Gasteiger partial charge is 0.224 e. The predicted molar refractivity (Wildman–Crippen MR) is 77.5 cm³/mol. The molecule has 19 heavy (non-hydrogen) atoms. The Morgan fingerprint density at radius 3 is 2.37 bits per heavy atom. The quantitative estimate of drug-likeness (QED) is 0.919. The highest BCUT2D eigenvalue weighted by Crippen LogP contribution is 2.28. The fraction of sp³-hybridized carbons (Fsp3) is 0.231. The molecule has 0 atom stereocenters. The van der Waals surface area contributed by atoms with Gasteiger partial charge in [-0.05, 0) is 18.2 Å². The van der Waals surface area contributed by atoms with Crippen LogP contribution in [0.25, 0.3) is 0 Å². The van der Waals surface area contributed by atoms with E-state index in [1.807, 2.05) is 6.92 Å². The highest BCUT2D eigenvalue weighted by molar-refractivity contribution is 6.34. The van der Waals surface area contributed by atoms with E-state index >= 15 is 0 Å². The van der Waals surface area contributed by atoms with Crippen LogP contribution < -0.4 is 10.1 Å². The van der Waals surface area contributed by atoms with Crippen LogP contribution >= 0.6 is 23.2 Å². The Morgan fingerprint density at radius 1 is 1.11 bits per heavy atom. The van der Waals surface area contributed by atoms with Gasteiger partial charge >= 0.3 is 0 Å². The Bertz CT molecular complexity index is 548. The lowest BCUT2D eigenvalue weighted by Crippen LogP contribution is -2.01. The summed E-state index contributed by atoms with van der Waals surface area (Å²) in [5.41, 5.74) is 0. The molecule has 0 amide bonds. The van der Waals surface area contributed by atoms with Gasteiger partial charge in [0, 0.05) is 29.6 Å². The third kappa shape index (κ3) is 3.72. The van der Waals surface area contributed by atoms with Crippen LogP contribution in [0.3, 0.4) is 0 Å². The first-order chi connectivity index (χ1) is 9.10. The monoisotopic (exact) mass is 297 g/mol. The van der Waals surface area contributed by atoms with E-state index < -0.39 is 0 Å². The van der Waals surface area contributed by atoms with Gasteiger partial charge in [0.2, 0.25) is 5.88 Å². The molecule has 0 aliphatic carbocycles. The Balaban J connectivity index is 2.31. The number of benzene rings is 1. The van der Waals surface area contributed by atoms with E-state index in [4.69, 9.17) is 27.9 Å². The zero-order valence-corrected chi connectivity index (χ0v) is 12.1. The molecule has 2 rings (SSSR count). The van der Waals surface area contributed by atoms with Crippen molar-refractivity contribution in [1.82, 2.24) is 9.97 Å². The van der Waals surface area contributed by atoms with Crippen LogP contribution in [0.2, 0.25) is 10.0 Å². The normalized spacial score (nSPS) is 10.3. The highest BCUT2D eigenvalue weighted by Gasteiger charge is 2.06. The third-order valence-corrected chi connectivity index (χ3v) is 2.82. The molecule has 1 heterocycles. The van der Waals surface area contributed by atoms with Crippen molar-refractivity contribution in [3.8, 4) is 11.6 Å². The van der Waals surface area contributed by atoms with Crippen LogP contribution in [0, 0.1) is 0 Å². The Kier molecular flexibility index (Phi) is 4.45. The molecule has 0 aliphatic heterocycles. The van der Waals surface area contributed by atoms with Gasteiger partial charge in [-0.3, -0.25) is 0 Å². The summed E-state index contributed by atoms with van der Waals surface area (Å²) >= 11 is 11.8. The van der Waals surface area contributed by atoms with Crippen molar-refractivity contribution < 1.29 is 4.74 Å². The lowest BCUT2D eigenvalue weighted by atomic mass is 10.3. The molecule has 0 unspecified atom stereocenters. The van der Waals surface area contributed by atoms with E-state index in [0.29, 0.717) is 33.3 Å². The maximum atomic E-state index is 5.92. The van der Waals surface area contributed by atoms with Gasteiger partial charge in [-0.25, -0.2) is 4.98 Å². The summed E-state index contributed by atoms with van der Waals surface area (Å²) in [6.45, 7) is 1.98. The minimum atomic E-state index is 0.453. The summed E-state index contributed by atoms with van der Waals surface area (Å²) in [4.78, 5) is 8.59. The number of nitrogens with zero attached hydrogens (tertiary/aromatic N) is 2. The molecule has 0 spiro atoms. The fourth-order valence-electron chi connectivity index (χ4n) is 1.52. The number of nitrogens with one attached hydrogen (secondary N) is 1. The van der Waals surface area contributed by atoms with Crippen LogP contribution in [0.5, 0.6) is 11.6 Å². The van der Waals surface area contributed by atoms with Gasteiger partial charge in [-0.15, -0.1) is 0 Å². The van der Waals surface area contributed by atoms with E-state index in [9.17, 15) is 0 Å². The molecule has 1 aromatic heterocycles. The number of hydrogen-bond acceptors (Lipinski definition) is 4. The number of aryl methyl sites for hydroxylation is 1. The van der Waals surface area contributed by atoms with Crippen molar-refractivity contribution in [2.24, 2.45) is 0 Å². The third-order valence-electron chi connectivity index (χ3n) is 2.38. The van der Waals surface area contributed by atoms with Crippen molar-refractivity contribution >= 4 is 29.0 Å². The number of ether oxygens (including phenoxy) is 1. The van der Waals surface area contributed by atoms with Crippen LogP contribution in [-0.4, -0.2) is 17.0 Å². The van der Waals surface area contributed by atoms with E-state index in [2.05, 4.69) is 15.3 Å². The molecule has 6 heteroatoms. The maximum Gasteiger partial charge on any atom is 0.224 e. The first kappa shape index (κ1) is 13.9. The number of aromatic nitrogens is 2. The average Bonchev–Trinajstić information content (AvgIpc) is 2.37. The lowest BCUT2D eigenvalue weighted by Gasteiger charge is -2.09. The Morgan fingerprint density at radius 2 is 1.79 bits per heavy atom. The van der Waals surface area contributed by atoms with Gasteiger partial charge in [0.05, 0.1) is 0 Å². The van der Waals surface area contributed by atoms with Gasteiger partial charge in [-0.2, -0.15) is 4.98 Å². The summed E-state index contributed by atoms with van der Waals surface area (Å²) in [5, 5.41) is 4.00. The Hall–Kier alpha value is -1.52.